The Labute approximate surface area is 147 Å². The van der Waals surface area contributed by atoms with Gasteiger partial charge in [-0.1, -0.05) is 0 Å². The minimum Gasteiger partial charge on any atom is -0.462 e. The number of hydrogen-bond donors (Lipinski definition) is 0. The highest BCUT2D eigenvalue weighted by Crippen LogP contribution is 2.22. The minimum atomic E-state index is -0.323. The van der Waals surface area contributed by atoms with Crippen molar-refractivity contribution in [2.24, 2.45) is 0 Å². The van der Waals surface area contributed by atoms with E-state index in [4.69, 9.17) is 9.47 Å². The van der Waals surface area contributed by atoms with Gasteiger partial charge in [-0.25, -0.2) is 4.79 Å². The number of ether oxygens (including phenoxy) is 2. The van der Waals surface area contributed by atoms with Crippen LogP contribution in [0.3, 0.4) is 0 Å². The van der Waals surface area contributed by atoms with Gasteiger partial charge in [-0.3, -0.25) is 0 Å². The van der Waals surface area contributed by atoms with Crippen molar-refractivity contribution >= 4 is 5.97 Å². The molecule has 0 spiro atoms. The average Bonchev–Trinajstić information content (AvgIpc) is 3.29. The zero-order chi connectivity index (χ0) is 17.6. The van der Waals surface area contributed by atoms with E-state index >= 15 is 0 Å². The normalized spacial score (nSPS) is 16.6. The van der Waals surface area contributed by atoms with E-state index in [2.05, 4.69) is 6.07 Å². The molecule has 1 aliphatic heterocycles. The molecular weight excluding hydrogens is 316 g/mol. The third-order valence-electron chi connectivity index (χ3n) is 4.47. The molecule has 0 aliphatic carbocycles. The van der Waals surface area contributed by atoms with E-state index in [9.17, 15) is 10.1 Å². The van der Waals surface area contributed by atoms with Gasteiger partial charge < -0.3 is 14.0 Å². The van der Waals surface area contributed by atoms with Crippen LogP contribution in [0.2, 0.25) is 0 Å². The largest absolute Gasteiger partial charge is 0.462 e. The van der Waals surface area contributed by atoms with Crippen LogP contribution in [-0.4, -0.2) is 29.9 Å². The lowest BCUT2D eigenvalue weighted by molar-refractivity contribution is 0.0526. The van der Waals surface area contributed by atoms with Crippen LogP contribution >= 0.6 is 0 Å². The van der Waals surface area contributed by atoms with E-state index in [1.165, 1.54) is 0 Å². The molecule has 0 amide bonds. The van der Waals surface area contributed by atoms with Gasteiger partial charge in [-0.15, -0.1) is 0 Å². The van der Waals surface area contributed by atoms with Crippen molar-refractivity contribution in [1.29, 1.82) is 5.26 Å². The monoisotopic (exact) mass is 338 g/mol. The van der Waals surface area contributed by atoms with Crippen molar-refractivity contribution in [1.82, 2.24) is 4.57 Å². The highest BCUT2D eigenvalue weighted by atomic mass is 16.5. The molecule has 1 aromatic heterocycles. The molecule has 0 radical (unpaired) electrons. The second-order valence-electron chi connectivity index (χ2n) is 6.16. The van der Waals surface area contributed by atoms with Crippen LogP contribution in [0, 0.1) is 11.3 Å². The maximum atomic E-state index is 11.7. The van der Waals surface area contributed by atoms with Crippen molar-refractivity contribution < 1.29 is 14.3 Å². The van der Waals surface area contributed by atoms with Gasteiger partial charge in [0.15, 0.2) is 0 Å². The predicted octanol–water partition coefficient (Wildman–Crippen LogP) is 3.64. The predicted molar refractivity (Wildman–Crippen MR) is 93.7 cm³/mol. The molecule has 1 aliphatic rings. The van der Waals surface area contributed by atoms with E-state index in [1.807, 2.05) is 29.1 Å². The van der Waals surface area contributed by atoms with E-state index in [0.717, 1.165) is 43.5 Å². The molecule has 2 heterocycles. The summed E-state index contributed by atoms with van der Waals surface area (Å²) in [5.41, 5.74) is 3.16. The minimum absolute atomic E-state index is 0.318. The summed E-state index contributed by atoms with van der Waals surface area (Å²) in [4.78, 5) is 11.7. The summed E-state index contributed by atoms with van der Waals surface area (Å²) < 4.78 is 12.6. The van der Waals surface area contributed by atoms with Gasteiger partial charge in [0.2, 0.25) is 0 Å². The lowest BCUT2D eigenvalue weighted by atomic mass is 10.1. The Balaban J connectivity index is 1.73. The molecule has 0 N–H and O–H groups in total. The lowest BCUT2D eigenvalue weighted by Gasteiger charge is -2.08. The lowest BCUT2D eigenvalue weighted by Crippen LogP contribution is -2.06. The van der Waals surface area contributed by atoms with Crippen LogP contribution in [0.5, 0.6) is 0 Å². The summed E-state index contributed by atoms with van der Waals surface area (Å²) in [7, 11) is 0. The SMILES string of the molecule is CCOC(=O)c1ccc(-n2cc(C#N)c(CCC3CCCO3)c2)cc1. The molecule has 0 saturated carbocycles. The van der Waals surface area contributed by atoms with Crippen molar-refractivity contribution in [3.63, 3.8) is 0 Å². The summed E-state index contributed by atoms with van der Waals surface area (Å²) in [6.45, 7) is 3.00. The number of rotatable bonds is 6. The summed E-state index contributed by atoms with van der Waals surface area (Å²) in [6, 6.07) is 9.47. The van der Waals surface area contributed by atoms with Crippen molar-refractivity contribution in [3.8, 4) is 11.8 Å². The van der Waals surface area contributed by atoms with Gasteiger partial charge in [0.25, 0.3) is 0 Å². The molecule has 3 rings (SSSR count). The Morgan fingerprint density at radius 3 is 2.80 bits per heavy atom. The maximum Gasteiger partial charge on any atom is 0.338 e. The van der Waals surface area contributed by atoms with Crippen molar-refractivity contribution in [2.75, 3.05) is 13.2 Å². The van der Waals surface area contributed by atoms with Gasteiger partial charge in [0.1, 0.15) is 6.07 Å². The van der Waals surface area contributed by atoms with E-state index in [0.29, 0.717) is 23.8 Å². The average molecular weight is 338 g/mol. The number of aryl methyl sites for hydroxylation is 1. The first-order valence-corrected chi connectivity index (χ1v) is 8.71. The Morgan fingerprint density at radius 2 is 2.16 bits per heavy atom. The Morgan fingerprint density at radius 1 is 1.36 bits per heavy atom. The molecular formula is C20H22N2O3. The fraction of sp³-hybridized carbons (Fsp3) is 0.400. The number of hydrogen-bond acceptors (Lipinski definition) is 4. The zero-order valence-electron chi connectivity index (χ0n) is 14.4. The van der Waals surface area contributed by atoms with Crippen LogP contribution in [-0.2, 0) is 15.9 Å². The number of aromatic nitrogens is 1. The summed E-state index contributed by atoms with van der Waals surface area (Å²) >= 11 is 0. The van der Waals surface area contributed by atoms with E-state index in [1.54, 1.807) is 19.1 Å². The first kappa shape index (κ1) is 17.2. The van der Waals surface area contributed by atoms with Crippen LogP contribution in [0.4, 0.5) is 0 Å². The molecule has 0 bridgehead atoms. The van der Waals surface area contributed by atoms with Crippen LogP contribution in [0.1, 0.15) is 47.7 Å². The maximum absolute atomic E-state index is 11.7. The molecule has 5 heteroatoms. The van der Waals surface area contributed by atoms with Crippen molar-refractivity contribution in [3.05, 3.63) is 53.3 Å². The van der Waals surface area contributed by atoms with Gasteiger partial charge in [0.05, 0.1) is 23.8 Å². The second kappa shape index (κ2) is 8.00. The van der Waals surface area contributed by atoms with Gasteiger partial charge >= 0.3 is 5.97 Å². The van der Waals surface area contributed by atoms with Gasteiger partial charge in [0, 0.05) is 24.7 Å². The first-order chi connectivity index (χ1) is 12.2. The molecule has 2 aromatic rings. The highest BCUT2D eigenvalue weighted by molar-refractivity contribution is 5.89. The molecule has 1 unspecified atom stereocenters. The van der Waals surface area contributed by atoms with Crippen LogP contribution < -0.4 is 0 Å². The van der Waals surface area contributed by atoms with Crippen LogP contribution in [0.15, 0.2) is 36.7 Å². The Hall–Kier alpha value is -2.58. The summed E-state index contributed by atoms with van der Waals surface area (Å²) in [6.07, 6.45) is 8.17. The van der Waals surface area contributed by atoms with Crippen LogP contribution in [0.25, 0.3) is 5.69 Å². The Bertz CT molecular complexity index is 765. The smallest absolute Gasteiger partial charge is 0.338 e. The number of carbonyl (C=O) groups excluding carboxylic acids is 1. The van der Waals surface area contributed by atoms with Crippen molar-refractivity contribution in [2.45, 2.75) is 38.7 Å². The first-order valence-electron chi connectivity index (χ1n) is 8.71. The van der Waals surface area contributed by atoms with E-state index < -0.39 is 0 Å². The fourth-order valence-electron chi connectivity index (χ4n) is 3.12. The quantitative estimate of drug-likeness (QED) is 0.754. The standard InChI is InChI=1S/C20H22N2O3/c1-2-24-20(23)15-5-8-18(9-6-15)22-13-16(17(12-21)14-22)7-10-19-4-3-11-25-19/h5-6,8-9,13-14,19H,2-4,7,10-11H2,1H3. The molecule has 1 saturated heterocycles. The second-order valence-corrected chi connectivity index (χ2v) is 6.16. The number of nitriles is 1. The molecule has 1 fully saturated rings. The topological polar surface area (TPSA) is 64.2 Å². The fourth-order valence-corrected chi connectivity index (χ4v) is 3.12. The molecule has 1 aromatic carbocycles. The molecule has 130 valence electrons. The third kappa shape index (κ3) is 4.09. The molecule has 25 heavy (non-hydrogen) atoms. The highest BCUT2D eigenvalue weighted by Gasteiger charge is 2.17. The number of esters is 1. The zero-order valence-corrected chi connectivity index (χ0v) is 14.4. The third-order valence-corrected chi connectivity index (χ3v) is 4.47. The Kier molecular flexibility index (Phi) is 5.52. The van der Waals surface area contributed by atoms with Gasteiger partial charge in [-0.05, 0) is 62.4 Å². The number of nitrogens with zero attached hydrogens (tertiary/aromatic N) is 2. The number of benzene rings is 1. The summed E-state index contributed by atoms with van der Waals surface area (Å²) in [5, 5.41) is 9.39. The molecule has 1 atom stereocenters. The van der Waals surface area contributed by atoms with E-state index in [-0.39, 0.29) is 5.97 Å². The van der Waals surface area contributed by atoms with Gasteiger partial charge in [-0.2, -0.15) is 5.26 Å². The number of carbonyl (C=O) groups is 1. The summed E-state index contributed by atoms with van der Waals surface area (Å²) in [5.74, 6) is -0.323. The molecule has 5 nitrogen and oxygen atoms in total.